The van der Waals surface area contributed by atoms with Gasteiger partial charge in [0, 0.05) is 10.7 Å². The average Bonchev–Trinajstić information content (AvgIpc) is 1.96. The maximum atomic E-state index is 11.2. The largest absolute Gasteiger partial charge is 0.444 e. The Morgan fingerprint density at radius 1 is 1.38 bits per heavy atom. The third kappa shape index (κ3) is 7.31. The van der Waals surface area contributed by atoms with E-state index in [4.69, 9.17) is 4.74 Å². The van der Waals surface area contributed by atoms with Gasteiger partial charge in [-0.1, -0.05) is 31.9 Å². The number of alkyl carbamates (subject to hydrolysis) is 1. The molecule has 5 heteroatoms. The summed E-state index contributed by atoms with van der Waals surface area (Å²) in [5.74, 6) is 0. The highest BCUT2D eigenvalue weighted by molar-refractivity contribution is 9.09. The predicted molar refractivity (Wildman–Crippen MR) is 60.7 cm³/mol. The summed E-state index contributed by atoms with van der Waals surface area (Å²) in [5.41, 5.74) is -0.437. The number of carbonyl (C=O) groups excluding carboxylic acids is 1. The van der Waals surface area contributed by atoms with E-state index in [1.165, 1.54) is 0 Å². The summed E-state index contributed by atoms with van der Waals surface area (Å²) in [4.78, 5) is 11.2. The number of hydrogen-bond acceptors (Lipinski definition) is 2. The fourth-order valence-corrected chi connectivity index (χ4v) is 1.99. The van der Waals surface area contributed by atoms with Gasteiger partial charge in [0.2, 0.25) is 0 Å². The van der Waals surface area contributed by atoms with Crippen LogP contribution in [0.1, 0.15) is 20.8 Å². The van der Waals surface area contributed by atoms with Crippen LogP contribution in [0.5, 0.6) is 0 Å². The summed E-state index contributed by atoms with van der Waals surface area (Å²) < 4.78 is 5.08. The van der Waals surface area contributed by atoms with Gasteiger partial charge in [0.1, 0.15) is 5.60 Å². The molecule has 13 heavy (non-hydrogen) atoms. The number of alkyl halides is 2. The normalized spacial score (nSPS) is 11.5. The van der Waals surface area contributed by atoms with Gasteiger partial charge in [-0.25, -0.2) is 4.79 Å². The van der Waals surface area contributed by atoms with Crippen LogP contribution >= 0.6 is 31.9 Å². The average molecular weight is 317 g/mol. The lowest BCUT2D eigenvalue weighted by Crippen LogP contribution is -2.40. The molecule has 3 nitrogen and oxygen atoms in total. The molecule has 1 amide bonds. The fourth-order valence-electron chi connectivity index (χ4n) is 0.593. The Kier molecular flexibility index (Phi) is 5.96. The van der Waals surface area contributed by atoms with E-state index in [1.807, 2.05) is 20.8 Å². The minimum atomic E-state index is -0.437. The molecule has 0 aromatic heterocycles. The lowest BCUT2D eigenvalue weighted by atomic mass is 10.2. The first-order valence-electron chi connectivity index (χ1n) is 4.00. The van der Waals surface area contributed by atoms with Crippen molar-refractivity contribution in [2.75, 3.05) is 10.7 Å². The van der Waals surface area contributed by atoms with Gasteiger partial charge in [-0.05, 0) is 20.8 Å². The van der Waals surface area contributed by atoms with E-state index in [1.54, 1.807) is 0 Å². The van der Waals surface area contributed by atoms with Crippen LogP contribution in [0.2, 0.25) is 0 Å². The number of ether oxygens (including phenoxy) is 1. The van der Waals surface area contributed by atoms with Crippen molar-refractivity contribution in [3.05, 3.63) is 0 Å². The van der Waals surface area contributed by atoms with Crippen molar-refractivity contribution < 1.29 is 9.53 Å². The van der Waals surface area contributed by atoms with Crippen molar-refractivity contribution >= 4 is 38.0 Å². The summed E-state index contributed by atoms with van der Waals surface area (Å²) in [6.45, 7) is 5.51. The number of hydrogen-bond donors (Lipinski definition) is 1. The monoisotopic (exact) mass is 315 g/mol. The molecule has 1 N–H and O–H groups in total. The highest BCUT2D eigenvalue weighted by Gasteiger charge is 2.18. The first-order valence-corrected chi connectivity index (χ1v) is 6.25. The Morgan fingerprint density at radius 3 is 2.15 bits per heavy atom. The lowest BCUT2D eigenvalue weighted by Gasteiger charge is -2.21. The molecule has 0 aliphatic heterocycles. The smallest absolute Gasteiger partial charge is 0.407 e. The van der Waals surface area contributed by atoms with Crippen molar-refractivity contribution in [1.29, 1.82) is 0 Å². The zero-order valence-corrected chi connectivity index (χ0v) is 11.2. The maximum absolute atomic E-state index is 11.2. The second kappa shape index (κ2) is 5.86. The van der Waals surface area contributed by atoms with Crippen LogP contribution < -0.4 is 5.32 Å². The van der Waals surface area contributed by atoms with Crippen LogP contribution in [0.25, 0.3) is 0 Å². The molecule has 0 atom stereocenters. The first kappa shape index (κ1) is 13.2. The van der Waals surface area contributed by atoms with E-state index in [-0.39, 0.29) is 12.1 Å². The van der Waals surface area contributed by atoms with Crippen LogP contribution in [0.3, 0.4) is 0 Å². The molecule has 0 heterocycles. The van der Waals surface area contributed by atoms with E-state index in [9.17, 15) is 4.79 Å². The highest BCUT2D eigenvalue weighted by atomic mass is 79.9. The van der Waals surface area contributed by atoms with Crippen LogP contribution in [0, 0.1) is 0 Å². The zero-order valence-electron chi connectivity index (χ0n) is 8.06. The van der Waals surface area contributed by atoms with Crippen LogP contribution in [-0.4, -0.2) is 28.4 Å². The summed E-state index contributed by atoms with van der Waals surface area (Å²) in [6.07, 6.45) is -0.378. The van der Waals surface area contributed by atoms with Crippen molar-refractivity contribution in [2.45, 2.75) is 32.4 Å². The van der Waals surface area contributed by atoms with Crippen LogP contribution in [0.4, 0.5) is 4.79 Å². The van der Waals surface area contributed by atoms with E-state index in [2.05, 4.69) is 37.2 Å². The number of carbonyl (C=O) groups is 1. The van der Waals surface area contributed by atoms with Crippen LogP contribution in [-0.2, 0) is 4.74 Å². The van der Waals surface area contributed by atoms with Gasteiger partial charge >= 0.3 is 6.09 Å². The van der Waals surface area contributed by atoms with Crippen LogP contribution in [0.15, 0.2) is 0 Å². The quantitative estimate of drug-likeness (QED) is 0.813. The first-order chi connectivity index (χ1) is 5.89. The molecule has 0 fully saturated rings. The molecule has 0 rings (SSSR count). The molecule has 0 spiro atoms. The summed E-state index contributed by atoms with van der Waals surface area (Å²) in [7, 11) is 0. The minimum Gasteiger partial charge on any atom is -0.444 e. The number of amides is 1. The van der Waals surface area contributed by atoms with Gasteiger partial charge < -0.3 is 10.1 Å². The predicted octanol–water partition coefficient (Wildman–Crippen LogP) is 2.67. The Morgan fingerprint density at radius 2 is 1.85 bits per heavy atom. The Bertz CT molecular complexity index is 164. The Hall–Kier alpha value is 0.230. The molecule has 0 unspecified atom stereocenters. The maximum Gasteiger partial charge on any atom is 0.407 e. The molecular weight excluding hydrogens is 302 g/mol. The van der Waals surface area contributed by atoms with Gasteiger partial charge in [-0.3, -0.25) is 0 Å². The van der Waals surface area contributed by atoms with Crippen molar-refractivity contribution in [3.63, 3.8) is 0 Å². The Balaban J connectivity index is 3.86. The van der Waals surface area contributed by atoms with Gasteiger partial charge in [0.05, 0.1) is 6.04 Å². The molecule has 0 bridgehead atoms. The Labute approximate surface area is 95.9 Å². The number of rotatable bonds is 3. The number of halogens is 2. The standard InChI is InChI=1S/C8H15Br2NO2/c1-8(2,3)13-7(12)11-6(4-9)5-10/h6H,4-5H2,1-3H3,(H,11,12). The zero-order chi connectivity index (χ0) is 10.5. The topological polar surface area (TPSA) is 38.3 Å². The second-order valence-corrected chi connectivity index (χ2v) is 4.95. The molecule has 0 aliphatic rings. The van der Waals surface area contributed by atoms with Crippen molar-refractivity contribution in [2.24, 2.45) is 0 Å². The SMILES string of the molecule is CC(C)(C)OC(=O)NC(CBr)CBr. The second-order valence-electron chi connectivity index (χ2n) is 3.65. The van der Waals surface area contributed by atoms with Crippen molar-refractivity contribution in [3.8, 4) is 0 Å². The number of nitrogens with one attached hydrogen (secondary N) is 1. The molecule has 78 valence electrons. The van der Waals surface area contributed by atoms with E-state index in [0.717, 1.165) is 0 Å². The summed E-state index contributed by atoms with van der Waals surface area (Å²) in [6, 6.07) is 0.0647. The third-order valence-corrected chi connectivity index (χ3v) is 2.66. The molecule has 0 aromatic rings. The van der Waals surface area contributed by atoms with E-state index >= 15 is 0 Å². The molecular formula is C8H15Br2NO2. The van der Waals surface area contributed by atoms with E-state index < -0.39 is 5.60 Å². The van der Waals surface area contributed by atoms with Gasteiger partial charge in [0.25, 0.3) is 0 Å². The highest BCUT2D eigenvalue weighted by Crippen LogP contribution is 2.07. The molecule has 0 saturated carbocycles. The molecule has 0 aliphatic carbocycles. The van der Waals surface area contributed by atoms with Gasteiger partial charge in [-0.15, -0.1) is 0 Å². The summed E-state index contributed by atoms with van der Waals surface area (Å²) in [5, 5.41) is 4.13. The third-order valence-electron chi connectivity index (χ3n) is 1.09. The fraction of sp³-hybridized carbons (Fsp3) is 0.875. The molecule has 0 aromatic carbocycles. The van der Waals surface area contributed by atoms with E-state index in [0.29, 0.717) is 10.7 Å². The minimum absolute atomic E-state index is 0.0647. The lowest BCUT2D eigenvalue weighted by molar-refractivity contribution is 0.0515. The van der Waals surface area contributed by atoms with Gasteiger partial charge in [-0.2, -0.15) is 0 Å². The molecule has 0 radical (unpaired) electrons. The molecule has 0 saturated heterocycles. The van der Waals surface area contributed by atoms with Crippen molar-refractivity contribution in [1.82, 2.24) is 5.32 Å². The summed E-state index contributed by atoms with van der Waals surface area (Å²) >= 11 is 6.57. The van der Waals surface area contributed by atoms with Gasteiger partial charge in [0.15, 0.2) is 0 Å².